The summed E-state index contributed by atoms with van der Waals surface area (Å²) >= 11 is 0. The van der Waals surface area contributed by atoms with Crippen molar-refractivity contribution in [3.8, 4) is 0 Å². The molecule has 0 radical (unpaired) electrons. The van der Waals surface area contributed by atoms with Gasteiger partial charge in [0.2, 0.25) is 0 Å². The fourth-order valence-corrected chi connectivity index (χ4v) is 1.92. The summed E-state index contributed by atoms with van der Waals surface area (Å²) in [5.74, 6) is 0. The van der Waals surface area contributed by atoms with E-state index < -0.39 is 0 Å². The molecule has 0 saturated carbocycles. The Kier molecular flexibility index (Phi) is 1.40. The maximum Gasteiger partial charge on any atom is 0.110 e. The SMILES string of the molecule is FC[C@@H]1CCC2=CCCN21. The van der Waals surface area contributed by atoms with Crippen molar-refractivity contribution in [2.75, 3.05) is 13.2 Å². The number of hydrogen-bond donors (Lipinski definition) is 0. The highest BCUT2D eigenvalue weighted by Gasteiger charge is 2.29. The van der Waals surface area contributed by atoms with Crippen molar-refractivity contribution >= 4 is 0 Å². The number of rotatable bonds is 1. The van der Waals surface area contributed by atoms with Crippen LogP contribution in [0.4, 0.5) is 4.39 Å². The minimum absolute atomic E-state index is 0.169. The highest BCUT2D eigenvalue weighted by atomic mass is 19.1. The van der Waals surface area contributed by atoms with Crippen LogP contribution in [-0.2, 0) is 0 Å². The lowest BCUT2D eigenvalue weighted by Crippen LogP contribution is -2.27. The van der Waals surface area contributed by atoms with Crippen molar-refractivity contribution in [2.24, 2.45) is 0 Å². The van der Waals surface area contributed by atoms with Crippen LogP contribution in [0.5, 0.6) is 0 Å². The first-order valence-electron chi connectivity index (χ1n) is 3.93. The third-order valence-electron chi connectivity index (χ3n) is 2.47. The Balaban J connectivity index is 2.11. The molecule has 1 saturated heterocycles. The van der Waals surface area contributed by atoms with Gasteiger partial charge < -0.3 is 4.90 Å². The molecule has 10 heavy (non-hydrogen) atoms. The number of halogens is 1. The molecule has 0 aromatic carbocycles. The van der Waals surface area contributed by atoms with Crippen LogP contribution < -0.4 is 0 Å². The van der Waals surface area contributed by atoms with E-state index in [-0.39, 0.29) is 12.7 Å². The zero-order valence-electron chi connectivity index (χ0n) is 6.02. The Morgan fingerprint density at radius 3 is 3.40 bits per heavy atom. The monoisotopic (exact) mass is 141 g/mol. The maximum absolute atomic E-state index is 12.3. The molecule has 2 heterocycles. The second-order valence-corrected chi connectivity index (χ2v) is 3.02. The smallest absolute Gasteiger partial charge is 0.110 e. The number of nitrogens with zero attached hydrogens (tertiary/aromatic N) is 1. The molecular weight excluding hydrogens is 129 g/mol. The lowest BCUT2D eigenvalue weighted by molar-refractivity contribution is 0.258. The summed E-state index contributed by atoms with van der Waals surface area (Å²) in [6.07, 6.45) is 5.51. The third-order valence-corrected chi connectivity index (χ3v) is 2.47. The zero-order valence-corrected chi connectivity index (χ0v) is 6.02. The molecule has 0 spiro atoms. The molecule has 2 heteroatoms. The van der Waals surface area contributed by atoms with Crippen molar-refractivity contribution in [1.29, 1.82) is 0 Å². The summed E-state index contributed by atoms with van der Waals surface area (Å²) in [7, 11) is 0. The van der Waals surface area contributed by atoms with Crippen LogP contribution >= 0.6 is 0 Å². The van der Waals surface area contributed by atoms with Crippen molar-refractivity contribution < 1.29 is 4.39 Å². The lowest BCUT2D eigenvalue weighted by atomic mass is 10.2. The van der Waals surface area contributed by atoms with E-state index in [9.17, 15) is 4.39 Å². The second-order valence-electron chi connectivity index (χ2n) is 3.02. The molecule has 0 unspecified atom stereocenters. The van der Waals surface area contributed by atoms with E-state index in [4.69, 9.17) is 0 Å². The van der Waals surface area contributed by atoms with E-state index in [0.717, 1.165) is 25.8 Å². The van der Waals surface area contributed by atoms with Crippen LogP contribution in [0.25, 0.3) is 0 Å². The topological polar surface area (TPSA) is 3.24 Å². The molecule has 0 aromatic rings. The number of allylic oxidation sites excluding steroid dienone is 1. The molecule has 1 atom stereocenters. The molecular formula is C8H12FN. The fourth-order valence-electron chi connectivity index (χ4n) is 1.92. The Labute approximate surface area is 60.5 Å². The van der Waals surface area contributed by atoms with Crippen molar-refractivity contribution in [1.82, 2.24) is 4.90 Å². The van der Waals surface area contributed by atoms with Crippen molar-refractivity contribution in [3.63, 3.8) is 0 Å². The van der Waals surface area contributed by atoms with Gasteiger partial charge in [0.25, 0.3) is 0 Å². The molecule has 0 aliphatic carbocycles. The average molecular weight is 141 g/mol. The first-order valence-corrected chi connectivity index (χ1v) is 3.93. The highest BCUT2D eigenvalue weighted by Crippen LogP contribution is 2.31. The van der Waals surface area contributed by atoms with Gasteiger partial charge in [-0.25, -0.2) is 4.39 Å². The van der Waals surface area contributed by atoms with E-state index in [1.807, 2.05) is 0 Å². The van der Waals surface area contributed by atoms with E-state index in [1.165, 1.54) is 5.70 Å². The van der Waals surface area contributed by atoms with Gasteiger partial charge in [-0.3, -0.25) is 0 Å². The van der Waals surface area contributed by atoms with Gasteiger partial charge in [0.15, 0.2) is 0 Å². The molecule has 2 aliphatic heterocycles. The molecule has 2 aliphatic rings. The van der Waals surface area contributed by atoms with Gasteiger partial charge in [-0.15, -0.1) is 0 Å². The molecule has 0 aromatic heterocycles. The first-order chi connectivity index (χ1) is 4.92. The second kappa shape index (κ2) is 2.26. The molecule has 2 rings (SSSR count). The van der Waals surface area contributed by atoms with Gasteiger partial charge in [0, 0.05) is 12.2 Å². The quantitative estimate of drug-likeness (QED) is 0.537. The molecule has 0 amide bonds. The van der Waals surface area contributed by atoms with Crippen LogP contribution in [0, 0.1) is 0 Å². The highest BCUT2D eigenvalue weighted by molar-refractivity contribution is 5.14. The molecule has 1 nitrogen and oxygen atoms in total. The van der Waals surface area contributed by atoms with Gasteiger partial charge in [-0.2, -0.15) is 0 Å². The van der Waals surface area contributed by atoms with Crippen LogP contribution in [0.1, 0.15) is 19.3 Å². The van der Waals surface area contributed by atoms with Gasteiger partial charge in [0.05, 0.1) is 6.04 Å². The zero-order chi connectivity index (χ0) is 6.97. The van der Waals surface area contributed by atoms with Crippen molar-refractivity contribution in [2.45, 2.75) is 25.3 Å². The van der Waals surface area contributed by atoms with Crippen LogP contribution in [0.3, 0.4) is 0 Å². The summed E-state index contributed by atoms with van der Waals surface area (Å²) in [5, 5.41) is 0. The largest absolute Gasteiger partial charge is 0.369 e. The minimum Gasteiger partial charge on any atom is -0.369 e. The summed E-state index contributed by atoms with van der Waals surface area (Å²) in [6.45, 7) is 0.890. The van der Waals surface area contributed by atoms with Crippen LogP contribution in [0.15, 0.2) is 11.8 Å². The van der Waals surface area contributed by atoms with E-state index in [0.29, 0.717) is 0 Å². The predicted octanol–water partition coefficient (Wildman–Crippen LogP) is 1.71. The summed E-state index contributed by atoms with van der Waals surface area (Å²) < 4.78 is 12.3. The number of fused-ring (bicyclic) bond motifs is 1. The molecule has 0 bridgehead atoms. The van der Waals surface area contributed by atoms with E-state index >= 15 is 0 Å². The van der Waals surface area contributed by atoms with Crippen LogP contribution in [-0.4, -0.2) is 24.2 Å². The first kappa shape index (κ1) is 6.20. The predicted molar refractivity (Wildman–Crippen MR) is 38.4 cm³/mol. The molecule has 1 fully saturated rings. The van der Waals surface area contributed by atoms with Gasteiger partial charge in [0.1, 0.15) is 6.67 Å². The van der Waals surface area contributed by atoms with Gasteiger partial charge in [-0.1, -0.05) is 6.08 Å². The molecule has 0 N–H and O–H groups in total. The summed E-state index contributed by atoms with van der Waals surface area (Å²) in [5.41, 5.74) is 1.39. The van der Waals surface area contributed by atoms with Gasteiger partial charge >= 0.3 is 0 Å². The van der Waals surface area contributed by atoms with E-state index in [1.54, 1.807) is 0 Å². The normalized spacial score (nSPS) is 30.7. The van der Waals surface area contributed by atoms with Crippen LogP contribution in [0.2, 0.25) is 0 Å². The lowest BCUT2D eigenvalue weighted by Gasteiger charge is -2.20. The van der Waals surface area contributed by atoms with Crippen molar-refractivity contribution in [3.05, 3.63) is 11.8 Å². The Bertz CT molecular complexity index is 165. The summed E-state index contributed by atoms with van der Waals surface area (Å²) in [6, 6.07) is 0.216. The van der Waals surface area contributed by atoms with E-state index in [2.05, 4.69) is 11.0 Å². The fraction of sp³-hybridized carbons (Fsp3) is 0.750. The average Bonchev–Trinajstić information content (AvgIpc) is 2.44. The Morgan fingerprint density at radius 1 is 1.70 bits per heavy atom. The number of hydrogen-bond acceptors (Lipinski definition) is 1. The summed E-state index contributed by atoms with van der Waals surface area (Å²) in [4.78, 5) is 2.22. The number of alkyl halides is 1. The standard InChI is InChI=1S/C8H12FN/c9-6-8-4-3-7-2-1-5-10(7)8/h2,8H,1,3-6H2/t8-/m0/s1. The third kappa shape index (κ3) is 0.746. The maximum atomic E-state index is 12.3. The Hall–Kier alpha value is -0.530. The molecule has 56 valence electrons. The van der Waals surface area contributed by atoms with Gasteiger partial charge in [-0.05, 0) is 19.3 Å². The minimum atomic E-state index is -0.169. The Morgan fingerprint density at radius 2 is 2.60 bits per heavy atom.